The Hall–Kier alpha value is -0.840. The molecular formula is C15H19BrClN3. The summed E-state index contributed by atoms with van der Waals surface area (Å²) in [6, 6.07) is 6.30. The highest BCUT2D eigenvalue weighted by atomic mass is 79.9. The van der Waals surface area contributed by atoms with Gasteiger partial charge in [-0.15, -0.1) is 0 Å². The Morgan fingerprint density at radius 3 is 2.85 bits per heavy atom. The van der Waals surface area contributed by atoms with Crippen LogP contribution in [0.1, 0.15) is 37.4 Å². The average molecular weight is 357 g/mol. The molecule has 2 rings (SSSR count). The molecule has 0 bridgehead atoms. The minimum absolute atomic E-state index is 0.370. The van der Waals surface area contributed by atoms with E-state index in [1.807, 2.05) is 29.1 Å². The molecule has 0 saturated heterocycles. The lowest BCUT2D eigenvalue weighted by Crippen LogP contribution is -2.19. The zero-order valence-electron chi connectivity index (χ0n) is 11.7. The van der Waals surface area contributed by atoms with E-state index in [1.165, 1.54) is 5.56 Å². The molecule has 1 N–H and O–H groups in total. The molecule has 0 saturated carbocycles. The Balaban J connectivity index is 2.12. The van der Waals surface area contributed by atoms with Crippen LogP contribution in [0.3, 0.4) is 0 Å². The van der Waals surface area contributed by atoms with Gasteiger partial charge in [-0.25, -0.2) is 0 Å². The molecule has 1 unspecified atom stereocenters. The van der Waals surface area contributed by atoms with Gasteiger partial charge in [0.15, 0.2) is 0 Å². The van der Waals surface area contributed by atoms with Crippen molar-refractivity contribution in [2.45, 2.75) is 32.9 Å². The number of halogens is 2. The quantitative estimate of drug-likeness (QED) is 0.831. The van der Waals surface area contributed by atoms with Crippen LogP contribution in [0.15, 0.2) is 35.1 Å². The third kappa shape index (κ3) is 3.84. The van der Waals surface area contributed by atoms with E-state index in [9.17, 15) is 0 Å². The Morgan fingerprint density at radius 2 is 2.20 bits per heavy atom. The van der Waals surface area contributed by atoms with E-state index in [4.69, 9.17) is 11.6 Å². The van der Waals surface area contributed by atoms with Crippen LogP contribution in [0.4, 0.5) is 0 Å². The summed E-state index contributed by atoms with van der Waals surface area (Å²) in [5.41, 5.74) is 2.29. The number of aromatic nitrogens is 2. The van der Waals surface area contributed by atoms with Crippen molar-refractivity contribution in [1.29, 1.82) is 0 Å². The first-order chi connectivity index (χ1) is 9.63. The monoisotopic (exact) mass is 355 g/mol. The molecule has 20 heavy (non-hydrogen) atoms. The number of nitrogens with one attached hydrogen (secondary N) is 1. The Morgan fingerprint density at radius 1 is 1.40 bits per heavy atom. The van der Waals surface area contributed by atoms with E-state index < -0.39 is 0 Å². The number of hydrogen-bond donors (Lipinski definition) is 1. The van der Waals surface area contributed by atoms with Crippen LogP contribution >= 0.6 is 27.5 Å². The molecule has 0 fully saturated rings. The molecule has 5 heteroatoms. The molecule has 0 aliphatic carbocycles. The molecule has 0 radical (unpaired) electrons. The molecule has 0 amide bonds. The maximum atomic E-state index is 6.24. The van der Waals surface area contributed by atoms with Crippen LogP contribution in [0.5, 0.6) is 0 Å². The largest absolute Gasteiger partial charge is 0.310 e. The normalized spacial score (nSPS) is 12.6. The van der Waals surface area contributed by atoms with Crippen molar-refractivity contribution in [1.82, 2.24) is 15.1 Å². The van der Waals surface area contributed by atoms with Crippen LogP contribution < -0.4 is 5.32 Å². The molecule has 1 heterocycles. The molecule has 3 nitrogen and oxygen atoms in total. The lowest BCUT2D eigenvalue weighted by Gasteiger charge is -2.13. The van der Waals surface area contributed by atoms with Gasteiger partial charge in [0.1, 0.15) is 0 Å². The summed E-state index contributed by atoms with van der Waals surface area (Å²) in [6.07, 6.45) is 5.08. The SMILES string of the molecule is CCNC(CC)c1cnn(Cc2ccc(Br)cc2Cl)c1. The van der Waals surface area contributed by atoms with E-state index >= 15 is 0 Å². The van der Waals surface area contributed by atoms with Crippen molar-refractivity contribution >= 4 is 27.5 Å². The fourth-order valence-corrected chi connectivity index (χ4v) is 2.95. The average Bonchev–Trinajstić information content (AvgIpc) is 2.87. The van der Waals surface area contributed by atoms with Gasteiger partial charge >= 0.3 is 0 Å². The van der Waals surface area contributed by atoms with Gasteiger partial charge in [0.25, 0.3) is 0 Å². The van der Waals surface area contributed by atoms with E-state index in [0.717, 1.165) is 28.0 Å². The molecule has 1 aromatic carbocycles. The van der Waals surface area contributed by atoms with Gasteiger partial charge < -0.3 is 5.32 Å². The first-order valence-corrected chi connectivity index (χ1v) is 8.00. The van der Waals surface area contributed by atoms with Gasteiger partial charge in [0.2, 0.25) is 0 Å². The highest BCUT2D eigenvalue weighted by molar-refractivity contribution is 9.10. The lowest BCUT2D eigenvalue weighted by atomic mass is 10.1. The molecule has 1 aromatic heterocycles. The molecule has 0 aliphatic heterocycles. The van der Waals surface area contributed by atoms with Crippen molar-refractivity contribution in [3.8, 4) is 0 Å². The minimum atomic E-state index is 0.370. The summed E-state index contributed by atoms with van der Waals surface area (Å²) < 4.78 is 2.93. The Bertz CT molecular complexity index is 568. The first-order valence-electron chi connectivity index (χ1n) is 6.83. The van der Waals surface area contributed by atoms with Crippen LogP contribution in [0.2, 0.25) is 5.02 Å². The van der Waals surface area contributed by atoms with Gasteiger partial charge in [-0.2, -0.15) is 5.10 Å². The van der Waals surface area contributed by atoms with E-state index in [1.54, 1.807) is 0 Å². The summed E-state index contributed by atoms with van der Waals surface area (Å²) in [4.78, 5) is 0. The van der Waals surface area contributed by atoms with E-state index in [2.05, 4.69) is 46.4 Å². The van der Waals surface area contributed by atoms with Gasteiger partial charge in [-0.05, 0) is 30.7 Å². The van der Waals surface area contributed by atoms with E-state index in [-0.39, 0.29) is 0 Å². The molecular weight excluding hydrogens is 338 g/mol. The molecule has 1 atom stereocenters. The summed E-state index contributed by atoms with van der Waals surface area (Å²) in [7, 11) is 0. The first kappa shape index (κ1) is 15.5. The maximum Gasteiger partial charge on any atom is 0.0674 e. The van der Waals surface area contributed by atoms with E-state index in [0.29, 0.717) is 12.6 Å². The predicted molar refractivity (Wildman–Crippen MR) is 87.2 cm³/mol. The van der Waals surface area contributed by atoms with Gasteiger partial charge in [0.05, 0.1) is 12.7 Å². The molecule has 0 aliphatic rings. The highest BCUT2D eigenvalue weighted by Gasteiger charge is 2.10. The van der Waals surface area contributed by atoms with Crippen LogP contribution in [0, 0.1) is 0 Å². The van der Waals surface area contributed by atoms with Crippen molar-refractivity contribution in [2.75, 3.05) is 6.54 Å². The van der Waals surface area contributed by atoms with Gasteiger partial charge in [-0.3, -0.25) is 4.68 Å². The van der Waals surface area contributed by atoms with Crippen molar-refractivity contribution in [3.63, 3.8) is 0 Å². The standard InChI is InChI=1S/C15H19BrClN3/c1-3-15(18-4-2)12-8-19-20(10-12)9-11-5-6-13(16)7-14(11)17/h5-8,10,15,18H,3-4,9H2,1-2H3. The highest BCUT2D eigenvalue weighted by Crippen LogP contribution is 2.22. The number of benzene rings is 1. The van der Waals surface area contributed by atoms with Crippen molar-refractivity contribution in [3.05, 3.63) is 51.2 Å². The lowest BCUT2D eigenvalue weighted by molar-refractivity contribution is 0.536. The summed E-state index contributed by atoms with van der Waals surface area (Å²) in [6.45, 7) is 5.95. The number of nitrogens with zero attached hydrogens (tertiary/aromatic N) is 2. The van der Waals surface area contributed by atoms with Crippen molar-refractivity contribution in [2.24, 2.45) is 0 Å². The second-order valence-corrected chi connectivity index (χ2v) is 6.05. The predicted octanol–water partition coefficient (Wildman–Crippen LogP) is 4.41. The Labute approximate surface area is 133 Å². The number of rotatable bonds is 6. The molecule has 0 spiro atoms. The second-order valence-electron chi connectivity index (χ2n) is 4.73. The number of hydrogen-bond acceptors (Lipinski definition) is 2. The van der Waals surface area contributed by atoms with Gasteiger partial charge in [0, 0.05) is 27.3 Å². The van der Waals surface area contributed by atoms with Crippen LogP contribution in [0.25, 0.3) is 0 Å². The third-order valence-electron chi connectivity index (χ3n) is 3.26. The zero-order chi connectivity index (χ0) is 14.5. The van der Waals surface area contributed by atoms with Crippen LogP contribution in [-0.4, -0.2) is 16.3 Å². The fraction of sp³-hybridized carbons (Fsp3) is 0.400. The summed E-state index contributed by atoms with van der Waals surface area (Å²) in [5.74, 6) is 0. The zero-order valence-corrected chi connectivity index (χ0v) is 14.1. The van der Waals surface area contributed by atoms with Gasteiger partial charge in [-0.1, -0.05) is 47.4 Å². The second kappa shape index (κ2) is 7.25. The molecule has 108 valence electrons. The van der Waals surface area contributed by atoms with Crippen LogP contribution in [-0.2, 0) is 6.54 Å². The third-order valence-corrected chi connectivity index (χ3v) is 4.11. The fourth-order valence-electron chi connectivity index (χ4n) is 2.21. The molecule has 2 aromatic rings. The summed E-state index contributed by atoms with van der Waals surface area (Å²) >= 11 is 9.66. The topological polar surface area (TPSA) is 29.9 Å². The maximum absolute atomic E-state index is 6.24. The smallest absolute Gasteiger partial charge is 0.0674 e. The van der Waals surface area contributed by atoms with Crippen molar-refractivity contribution < 1.29 is 0 Å². The summed E-state index contributed by atoms with van der Waals surface area (Å²) in [5, 5.41) is 8.65. The Kier molecular flexibility index (Phi) is 5.64. The minimum Gasteiger partial charge on any atom is -0.310 e.